The Morgan fingerprint density at radius 3 is 1.38 bits per heavy atom. The van der Waals surface area contributed by atoms with Crippen molar-refractivity contribution in [2.24, 2.45) is 0 Å². The van der Waals surface area contributed by atoms with Gasteiger partial charge in [-0.15, -0.1) is 0 Å². The molecule has 82 valence electrons. The first-order chi connectivity index (χ1) is 7.58. The highest BCUT2D eigenvalue weighted by Gasteiger charge is 2.04. The van der Waals surface area contributed by atoms with Crippen LogP contribution in [0.2, 0.25) is 0 Å². The monoisotopic (exact) mass is 342 g/mol. The first kappa shape index (κ1) is 11.5. The Hall–Kier alpha value is -1.00. The van der Waals surface area contributed by atoms with Gasteiger partial charge in [-0.3, -0.25) is 0 Å². The van der Waals surface area contributed by atoms with Gasteiger partial charge in [0.05, 0.1) is 8.95 Å². The maximum Gasteiger partial charge on any atom is 0.130 e. The van der Waals surface area contributed by atoms with Gasteiger partial charge in [-0.1, -0.05) is 12.1 Å². The van der Waals surface area contributed by atoms with Gasteiger partial charge in [0.25, 0.3) is 0 Å². The summed E-state index contributed by atoms with van der Waals surface area (Å²) in [5, 5.41) is 19.1. The lowest BCUT2D eigenvalue weighted by Gasteiger charge is -2.05. The van der Waals surface area contributed by atoms with Crippen LogP contribution in [0, 0.1) is 0 Å². The van der Waals surface area contributed by atoms with Gasteiger partial charge in [0.15, 0.2) is 0 Å². The maximum absolute atomic E-state index is 9.57. The summed E-state index contributed by atoms with van der Waals surface area (Å²) in [4.78, 5) is 0. The second-order valence-corrected chi connectivity index (χ2v) is 5.04. The van der Waals surface area contributed by atoms with Crippen LogP contribution in [0.15, 0.2) is 45.3 Å². The Morgan fingerprint density at radius 1 is 0.688 bits per heavy atom. The summed E-state index contributed by atoms with van der Waals surface area (Å²) in [6, 6.07) is 10.6. The molecule has 0 heterocycles. The predicted molar refractivity (Wildman–Crippen MR) is 70.6 cm³/mol. The van der Waals surface area contributed by atoms with E-state index >= 15 is 0 Å². The van der Waals surface area contributed by atoms with Crippen LogP contribution >= 0.6 is 31.9 Å². The van der Waals surface area contributed by atoms with Crippen LogP contribution in [-0.2, 0) is 0 Å². The molecule has 4 heteroatoms. The van der Waals surface area contributed by atoms with Crippen molar-refractivity contribution in [1.29, 1.82) is 0 Å². The number of phenols is 2. The number of halogens is 2. The van der Waals surface area contributed by atoms with Gasteiger partial charge in [-0.2, -0.15) is 0 Å². The minimum absolute atomic E-state index is 0.180. The van der Waals surface area contributed by atoms with Crippen LogP contribution in [-0.4, -0.2) is 10.2 Å². The molecule has 0 saturated heterocycles. The van der Waals surface area contributed by atoms with Gasteiger partial charge >= 0.3 is 0 Å². The molecule has 0 radical (unpaired) electrons. The van der Waals surface area contributed by atoms with E-state index in [0.29, 0.717) is 8.95 Å². The van der Waals surface area contributed by atoms with E-state index in [-0.39, 0.29) is 11.5 Å². The van der Waals surface area contributed by atoms with Crippen LogP contribution in [0.5, 0.6) is 11.5 Å². The summed E-state index contributed by atoms with van der Waals surface area (Å²) in [6.07, 6.45) is 0. The molecule has 0 aliphatic rings. The second kappa shape index (κ2) is 4.47. The third-order valence-electron chi connectivity index (χ3n) is 2.23. The van der Waals surface area contributed by atoms with Crippen molar-refractivity contribution < 1.29 is 10.2 Å². The molecule has 0 amide bonds. The zero-order chi connectivity index (χ0) is 11.7. The molecule has 0 atom stereocenters. The molecule has 2 rings (SSSR count). The fraction of sp³-hybridized carbons (Fsp3) is 0. The topological polar surface area (TPSA) is 40.5 Å². The number of phenolic OH excluding ortho intramolecular Hbond substituents is 2. The van der Waals surface area contributed by atoms with Crippen molar-refractivity contribution in [2.75, 3.05) is 0 Å². The molecular formula is C12H8Br2O2. The van der Waals surface area contributed by atoms with E-state index in [1.165, 1.54) is 0 Å². The molecule has 2 N–H and O–H groups in total. The van der Waals surface area contributed by atoms with Crippen LogP contribution in [0.25, 0.3) is 11.1 Å². The second-order valence-electron chi connectivity index (χ2n) is 3.33. The molecule has 0 spiro atoms. The van der Waals surface area contributed by atoms with Crippen molar-refractivity contribution >= 4 is 31.9 Å². The summed E-state index contributed by atoms with van der Waals surface area (Å²) >= 11 is 6.44. The molecule has 0 fully saturated rings. The minimum Gasteiger partial charge on any atom is -0.507 e. The lowest BCUT2D eigenvalue weighted by atomic mass is 10.1. The van der Waals surface area contributed by atoms with Crippen molar-refractivity contribution in [2.45, 2.75) is 0 Å². The number of hydrogen-bond donors (Lipinski definition) is 2. The molecule has 2 nitrogen and oxygen atoms in total. The van der Waals surface area contributed by atoms with Crippen molar-refractivity contribution in [1.82, 2.24) is 0 Å². The van der Waals surface area contributed by atoms with E-state index in [1.807, 2.05) is 12.1 Å². The highest BCUT2D eigenvalue weighted by Crippen LogP contribution is 2.33. The van der Waals surface area contributed by atoms with E-state index in [2.05, 4.69) is 31.9 Å². The summed E-state index contributed by atoms with van der Waals surface area (Å²) < 4.78 is 1.30. The van der Waals surface area contributed by atoms with Crippen LogP contribution < -0.4 is 0 Å². The molecule has 0 aliphatic heterocycles. The van der Waals surface area contributed by atoms with Gasteiger partial charge in [0, 0.05) is 0 Å². The molecule has 2 aromatic carbocycles. The van der Waals surface area contributed by atoms with Crippen LogP contribution in [0.4, 0.5) is 0 Å². The average molecular weight is 344 g/mol. The van der Waals surface area contributed by atoms with E-state index < -0.39 is 0 Å². The van der Waals surface area contributed by atoms with Crippen molar-refractivity contribution in [3.63, 3.8) is 0 Å². The van der Waals surface area contributed by atoms with E-state index in [0.717, 1.165) is 11.1 Å². The summed E-state index contributed by atoms with van der Waals surface area (Å²) in [7, 11) is 0. The largest absolute Gasteiger partial charge is 0.507 e. The average Bonchev–Trinajstić information content (AvgIpc) is 2.26. The molecule has 16 heavy (non-hydrogen) atoms. The van der Waals surface area contributed by atoms with Gasteiger partial charge in [0.1, 0.15) is 11.5 Å². The van der Waals surface area contributed by atoms with Crippen LogP contribution in [0.1, 0.15) is 0 Å². The molecule has 0 aliphatic carbocycles. The fourth-order valence-corrected chi connectivity index (χ4v) is 1.88. The number of rotatable bonds is 1. The molecule has 0 saturated carbocycles. The summed E-state index contributed by atoms with van der Waals surface area (Å²) in [6.45, 7) is 0. The minimum atomic E-state index is 0.180. The highest BCUT2D eigenvalue weighted by atomic mass is 79.9. The Kier molecular flexibility index (Phi) is 3.21. The zero-order valence-electron chi connectivity index (χ0n) is 8.11. The molecule has 0 bridgehead atoms. The van der Waals surface area contributed by atoms with E-state index in [1.54, 1.807) is 24.3 Å². The smallest absolute Gasteiger partial charge is 0.130 e. The zero-order valence-corrected chi connectivity index (χ0v) is 11.3. The standard InChI is InChI=1S/C12H8Br2O2/c13-9-3-1-7(5-11(9)15)8-2-4-10(14)12(16)6-8/h1-6,15-16H. The first-order valence-corrected chi connectivity index (χ1v) is 6.14. The fourth-order valence-electron chi connectivity index (χ4n) is 1.38. The maximum atomic E-state index is 9.57. The summed E-state index contributed by atoms with van der Waals surface area (Å²) in [5.74, 6) is 0.361. The Morgan fingerprint density at radius 2 is 1.06 bits per heavy atom. The number of aromatic hydroxyl groups is 2. The van der Waals surface area contributed by atoms with Gasteiger partial charge in [-0.25, -0.2) is 0 Å². The third kappa shape index (κ3) is 2.23. The molecule has 0 aromatic heterocycles. The predicted octanol–water partition coefficient (Wildman–Crippen LogP) is 4.29. The normalized spacial score (nSPS) is 10.4. The molecule has 2 aromatic rings. The Bertz CT molecular complexity index is 489. The lowest BCUT2D eigenvalue weighted by Crippen LogP contribution is -1.79. The molecule has 0 unspecified atom stereocenters. The highest BCUT2D eigenvalue weighted by molar-refractivity contribution is 9.10. The third-order valence-corrected chi connectivity index (χ3v) is 3.57. The van der Waals surface area contributed by atoms with Gasteiger partial charge in [-0.05, 0) is 67.3 Å². The van der Waals surface area contributed by atoms with Gasteiger partial charge in [0.2, 0.25) is 0 Å². The van der Waals surface area contributed by atoms with E-state index in [9.17, 15) is 10.2 Å². The van der Waals surface area contributed by atoms with Crippen molar-refractivity contribution in [3.05, 3.63) is 45.3 Å². The first-order valence-electron chi connectivity index (χ1n) is 4.55. The van der Waals surface area contributed by atoms with E-state index in [4.69, 9.17) is 0 Å². The number of hydrogen-bond acceptors (Lipinski definition) is 2. The van der Waals surface area contributed by atoms with Crippen LogP contribution in [0.3, 0.4) is 0 Å². The van der Waals surface area contributed by atoms with Gasteiger partial charge < -0.3 is 10.2 Å². The lowest BCUT2D eigenvalue weighted by molar-refractivity contribution is 0.470. The summed E-state index contributed by atoms with van der Waals surface area (Å²) in [5.41, 5.74) is 1.70. The SMILES string of the molecule is Oc1cc(-c2ccc(Br)c(O)c2)ccc1Br. The van der Waals surface area contributed by atoms with Crippen molar-refractivity contribution in [3.8, 4) is 22.6 Å². The Labute approximate surface area is 110 Å². The Balaban J connectivity index is 2.50. The quantitative estimate of drug-likeness (QED) is 0.810. The number of benzene rings is 2. The molecular weight excluding hydrogens is 336 g/mol.